The number of benzene rings is 2. The number of carbonyl (C=O) groups is 3. The number of carboxylic acid groups (broad SMARTS) is 1. The minimum absolute atomic E-state index is 0.105. The molecule has 6 nitrogen and oxygen atoms in total. The zero-order chi connectivity index (χ0) is 18.8. The molecule has 3 rings (SSSR count). The van der Waals surface area contributed by atoms with Crippen molar-refractivity contribution in [2.24, 2.45) is 0 Å². The van der Waals surface area contributed by atoms with Gasteiger partial charge in [0.15, 0.2) is 0 Å². The van der Waals surface area contributed by atoms with Gasteiger partial charge in [-0.1, -0.05) is 12.1 Å². The van der Waals surface area contributed by atoms with Crippen LogP contribution in [0.5, 0.6) is 5.75 Å². The topological polar surface area (TPSA) is 85.6 Å². The number of hydrogen-bond donors (Lipinski definition) is 1. The normalized spacial score (nSPS) is 10.7. The summed E-state index contributed by atoms with van der Waals surface area (Å²) in [6.45, 7) is 3.11. The van der Waals surface area contributed by atoms with Crippen molar-refractivity contribution in [2.75, 3.05) is 0 Å². The van der Waals surface area contributed by atoms with Gasteiger partial charge in [0.05, 0.1) is 11.9 Å². The van der Waals surface area contributed by atoms with Gasteiger partial charge < -0.3 is 9.84 Å². The summed E-state index contributed by atoms with van der Waals surface area (Å²) < 4.78 is 6.53. The molecule has 0 aliphatic heterocycles. The van der Waals surface area contributed by atoms with Crippen LogP contribution in [0.4, 0.5) is 0 Å². The van der Waals surface area contributed by atoms with Crippen LogP contribution in [-0.4, -0.2) is 27.5 Å². The third kappa shape index (κ3) is 3.35. The second-order valence-electron chi connectivity index (χ2n) is 5.96. The van der Waals surface area contributed by atoms with E-state index in [4.69, 9.17) is 9.84 Å². The first-order chi connectivity index (χ1) is 12.4. The maximum atomic E-state index is 12.9. The first-order valence-corrected chi connectivity index (χ1v) is 8.01. The fraction of sp³-hybridized carbons (Fsp3) is 0.150. The van der Waals surface area contributed by atoms with Gasteiger partial charge in [0, 0.05) is 23.6 Å². The average molecular weight is 351 g/mol. The summed E-state index contributed by atoms with van der Waals surface area (Å²) >= 11 is 0. The van der Waals surface area contributed by atoms with E-state index in [9.17, 15) is 14.4 Å². The predicted molar refractivity (Wildman–Crippen MR) is 95.5 cm³/mol. The van der Waals surface area contributed by atoms with Crippen molar-refractivity contribution in [3.63, 3.8) is 0 Å². The van der Waals surface area contributed by atoms with Crippen molar-refractivity contribution in [3.8, 4) is 5.75 Å². The van der Waals surface area contributed by atoms with E-state index in [-0.39, 0.29) is 12.3 Å². The smallest absolute Gasteiger partial charge is 0.308 e. The highest BCUT2D eigenvalue weighted by atomic mass is 16.5. The fourth-order valence-corrected chi connectivity index (χ4v) is 2.97. The van der Waals surface area contributed by atoms with Crippen LogP contribution in [0.1, 0.15) is 28.5 Å². The van der Waals surface area contributed by atoms with Crippen LogP contribution in [0, 0.1) is 6.92 Å². The van der Waals surface area contributed by atoms with E-state index in [1.165, 1.54) is 6.92 Å². The number of fused-ring (bicyclic) bond motifs is 1. The monoisotopic (exact) mass is 351 g/mol. The molecule has 0 saturated carbocycles. The number of aromatic nitrogens is 1. The Bertz CT molecular complexity index is 1010. The van der Waals surface area contributed by atoms with Crippen LogP contribution >= 0.6 is 0 Å². The maximum absolute atomic E-state index is 12.9. The van der Waals surface area contributed by atoms with Crippen molar-refractivity contribution in [3.05, 3.63) is 65.4 Å². The number of aliphatic carboxylic acids is 1. The number of rotatable bonds is 4. The fourth-order valence-electron chi connectivity index (χ4n) is 2.97. The lowest BCUT2D eigenvalue weighted by Gasteiger charge is -2.08. The second kappa shape index (κ2) is 6.84. The van der Waals surface area contributed by atoms with Crippen LogP contribution in [0.15, 0.2) is 48.5 Å². The Balaban J connectivity index is 2.02. The lowest BCUT2D eigenvalue weighted by atomic mass is 10.1. The van der Waals surface area contributed by atoms with Crippen LogP contribution in [-0.2, 0) is 16.0 Å². The molecule has 1 N–H and O–H groups in total. The molecule has 0 radical (unpaired) electrons. The SMILES string of the molecule is CC(=O)Oc1ccc(C(=O)n2c(C)cc3c(CC(=O)O)cccc32)cc1. The lowest BCUT2D eigenvalue weighted by Crippen LogP contribution is -2.13. The van der Waals surface area contributed by atoms with Gasteiger partial charge in [0.2, 0.25) is 0 Å². The lowest BCUT2D eigenvalue weighted by molar-refractivity contribution is -0.136. The number of esters is 1. The van der Waals surface area contributed by atoms with Crippen LogP contribution in [0.25, 0.3) is 10.9 Å². The summed E-state index contributed by atoms with van der Waals surface area (Å²) in [4.78, 5) is 35.0. The molecule has 26 heavy (non-hydrogen) atoms. The third-order valence-electron chi connectivity index (χ3n) is 4.03. The minimum atomic E-state index is -0.921. The van der Waals surface area contributed by atoms with E-state index in [2.05, 4.69) is 0 Å². The molecule has 0 aliphatic rings. The van der Waals surface area contributed by atoms with Crippen LogP contribution < -0.4 is 4.74 Å². The van der Waals surface area contributed by atoms with Crippen LogP contribution in [0.3, 0.4) is 0 Å². The summed E-state index contributed by atoms with van der Waals surface area (Å²) in [6.07, 6.45) is -0.105. The standard InChI is InChI=1S/C20H17NO5/c1-12-10-17-15(11-19(23)24)4-3-5-18(17)21(12)20(25)14-6-8-16(9-7-14)26-13(2)22/h3-10H,11H2,1-2H3,(H,23,24). The molecular weight excluding hydrogens is 334 g/mol. The zero-order valence-corrected chi connectivity index (χ0v) is 14.4. The first kappa shape index (κ1) is 17.4. The molecule has 0 aliphatic carbocycles. The number of ether oxygens (including phenoxy) is 1. The van der Waals surface area contributed by atoms with E-state index in [1.807, 2.05) is 6.07 Å². The van der Waals surface area contributed by atoms with Gasteiger partial charge in [-0.05, 0) is 48.9 Å². The molecule has 0 saturated heterocycles. The van der Waals surface area contributed by atoms with Gasteiger partial charge in [-0.15, -0.1) is 0 Å². The Morgan fingerprint density at radius 3 is 2.38 bits per heavy atom. The van der Waals surface area contributed by atoms with E-state index in [0.717, 1.165) is 5.39 Å². The summed E-state index contributed by atoms with van der Waals surface area (Å²) in [5.41, 5.74) is 2.47. The molecule has 1 heterocycles. The molecule has 6 heteroatoms. The largest absolute Gasteiger partial charge is 0.481 e. The highest BCUT2D eigenvalue weighted by molar-refractivity contribution is 6.04. The van der Waals surface area contributed by atoms with Crippen LogP contribution in [0.2, 0.25) is 0 Å². The molecule has 0 amide bonds. The summed E-state index contributed by atoms with van der Waals surface area (Å²) in [7, 11) is 0. The average Bonchev–Trinajstić information content (AvgIpc) is 2.91. The van der Waals surface area contributed by atoms with E-state index >= 15 is 0 Å². The molecule has 0 atom stereocenters. The minimum Gasteiger partial charge on any atom is -0.481 e. The van der Waals surface area contributed by atoms with Gasteiger partial charge in [0.1, 0.15) is 5.75 Å². The van der Waals surface area contributed by atoms with Crippen molar-refractivity contribution in [2.45, 2.75) is 20.3 Å². The molecule has 0 bridgehead atoms. The quantitative estimate of drug-likeness (QED) is 0.576. The van der Waals surface area contributed by atoms with E-state index in [1.54, 1.807) is 54.0 Å². The molecule has 3 aromatic rings. The molecule has 2 aromatic carbocycles. The van der Waals surface area contributed by atoms with Crippen molar-refractivity contribution >= 4 is 28.7 Å². The summed E-state index contributed by atoms with van der Waals surface area (Å²) in [5, 5.41) is 9.82. The first-order valence-electron chi connectivity index (χ1n) is 8.01. The highest BCUT2D eigenvalue weighted by Gasteiger charge is 2.17. The van der Waals surface area contributed by atoms with Gasteiger partial charge in [0.25, 0.3) is 5.91 Å². The Labute approximate surface area is 149 Å². The zero-order valence-electron chi connectivity index (χ0n) is 14.4. The Kier molecular flexibility index (Phi) is 4.58. The predicted octanol–water partition coefficient (Wildman–Crippen LogP) is 3.19. The Hall–Kier alpha value is -3.41. The van der Waals surface area contributed by atoms with E-state index < -0.39 is 11.9 Å². The van der Waals surface area contributed by atoms with Gasteiger partial charge in [-0.25, -0.2) is 0 Å². The number of nitrogens with zero attached hydrogens (tertiary/aromatic N) is 1. The third-order valence-corrected chi connectivity index (χ3v) is 4.03. The Morgan fingerprint density at radius 1 is 1.08 bits per heavy atom. The van der Waals surface area contributed by atoms with Crippen molar-refractivity contribution < 1.29 is 24.2 Å². The molecule has 0 spiro atoms. The number of aryl methyl sites for hydroxylation is 1. The Morgan fingerprint density at radius 2 is 1.77 bits per heavy atom. The summed E-state index contributed by atoms with van der Waals surface area (Å²) in [6, 6.07) is 13.4. The molecular formula is C20H17NO5. The second-order valence-corrected chi connectivity index (χ2v) is 5.96. The number of hydrogen-bond acceptors (Lipinski definition) is 4. The number of carboxylic acids is 1. The van der Waals surface area contributed by atoms with Gasteiger partial charge in [-0.2, -0.15) is 0 Å². The van der Waals surface area contributed by atoms with E-state index in [0.29, 0.717) is 28.1 Å². The molecule has 0 fully saturated rings. The molecule has 1 aromatic heterocycles. The molecule has 0 unspecified atom stereocenters. The van der Waals surface area contributed by atoms with Gasteiger partial charge in [-0.3, -0.25) is 19.0 Å². The number of carbonyl (C=O) groups excluding carboxylic acids is 2. The van der Waals surface area contributed by atoms with Gasteiger partial charge >= 0.3 is 11.9 Å². The summed E-state index contributed by atoms with van der Waals surface area (Å²) in [5.74, 6) is -1.22. The van der Waals surface area contributed by atoms with Crippen molar-refractivity contribution in [1.29, 1.82) is 0 Å². The maximum Gasteiger partial charge on any atom is 0.308 e. The highest BCUT2D eigenvalue weighted by Crippen LogP contribution is 2.25. The molecule has 132 valence electrons. The van der Waals surface area contributed by atoms with Crippen molar-refractivity contribution in [1.82, 2.24) is 4.57 Å².